The summed E-state index contributed by atoms with van der Waals surface area (Å²) < 4.78 is 5.12. The highest BCUT2D eigenvalue weighted by Gasteiger charge is 2.30. The number of benzene rings is 1. The van der Waals surface area contributed by atoms with Gasteiger partial charge in [0, 0.05) is 24.5 Å². The molecule has 0 radical (unpaired) electrons. The number of nitrogens with zero attached hydrogens (tertiary/aromatic N) is 2. The van der Waals surface area contributed by atoms with Crippen LogP contribution in [0.5, 0.6) is 0 Å². The van der Waals surface area contributed by atoms with Crippen LogP contribution >= 0.6 is 0 Å². The summed E-state index contributed by atoms with van der Waals surface area (Å²) in [5.74, 6) is -0.137. The van der Waals surface area contributed by atoms with E-state index < -0.39 is 0 Å². The fraction of sp³-hybridized carbons (Fsp3) is 0.636. The molecule has 1 atom stereocenters. The molecule has 2 saturated heterocycles. The van der Waals surface area contributed by atoms with Gasteiger partial charge >= 0.3 is 5.97 Å². The molecule has 0 spiro atoms. The van der Waals surface area contributed by atoms with Crippen molar-refractivity contribution < 1.29 is 14.3 Å². The maximum atomic E-state index is 12.7. The number of esters is 1. The van der Waals surface area contributed by atoms with Gasteiger partial charge in [0.2, 0.25) is 5.91 Å². The van der Waals surface area contributed by atoms with Crippen LogP contribution in [-0.2, 0) is 14.3 Å². The zero-order valence-corrected chi connectivity index (χ0v) is 17.2. The molecule has 3 rings (SSSR count). The summed E-state index contributed by atoms with van der Waals surface area (Å²) in [6.07, 6.45) is 5.33. The van der Waals surface area contributed by atoms with Crippen molar-refractivity contribution in [3.8, 4) is 0 Å². The van der Waals surface area contributed by atoms with E-state index in [4.69, 9.17) is 4.74 Å². The molecule has 6 nitrogen and oxygen atoms in total. The standard InChI is InChI=1S/C22H33N3O3/c1-3-28-22(27)18-11-15-24(16-12-18)17(2)21(26)23-19-7-9-20(10-8-19)25-13-5-4-6-14-25/h7-10,17-18H,3-6,11-16H2,1-2H3,(H,23,26)/t17-/m0/s1. The van der Waals surface area contributed by atoms with Gasteiger partial charge in [-0.3, -0.25) is 14.5 Å². The summed E-state index contributed by atoms with van der Waals surface area (Å²) in [7, 11) is 0. The van der Waals surface area contributed by atoms with Gasteiger partial charge in [-0.25, -0.2) is 0 Å². The van der Waals surface area contributed by atoms with Crippen LogP contribution in [0, 0.1) is 5.92 Å². The summed E-state index contributed by atoms with van der Waals surface area (Å²) >= 11 is 0. The minimum absolute atomic E-state index is 0.000284. The molecule has 1 aromatic rings. The molecule has 0 bridgehead atoms. The summed E-state index contributed by atoms with van der Waals surface area (Å²) in [6.45, 7) is 7.90. The zero-order valence-electron chi connectivity index (χ0n) is 17.2. The number of nitrogens with one attached hydrogen (secondary N) is 1. The third-order valence-electron chi connectivity index (χ3n) is 5.93. The number of anilines is 2. The first-order chi connectivity index (χ1) is 13.6. The van der Waals surface area contributed by atoms with Gasteiger partial charge < -0.3 is 15.0 Å². The lowest BCUT2D eigenvalue weighted by Crippen LogP contribution is -2.47. The molecule has 1 amide bonds. The number of carbonyl (C=O) groups excluding carboxylic acids is 2. The minimum Gasteiger partial charge on any atom is -0.466 e. The van der Waals surface area contributed by atoms with E-state index in [2.05, 4.69) is 27.2 Å². The average Bonchev–Trinajstić information content (AvgIpc) is 2.74. The second kappa shape index (κ2) is 9.92. The summed E-state index contributed by atoms with van der Waals surface area (Å²) in [5.41, 5.74) is 2.06. The molecule has 2 fully saturated rings. The smallest absolute Gasteiger partial charge is 0.309 e. The lowest BCUT2D eigenvalue weighted by Gasteiger charge is -2.34. The van der Waals surface area contributed by atoms with E-state index in [1.165, 1.54) is 24.9 Å². The molecule has 28 heavy (non-hydrogen) atoms. The lowest BCUT2D eigenvalue weighted by molar-refractivity contribution is -0.149. The first-order valence-corrected chi connectivity index (χ1v) is 10.6. The van der Waals surface area contributed by atoms with Crippen molar-refractivity contribution in [3.63, 3.8) is 0 Å². The van der Waals surface area contributed by atoms with E-state index in [0.717, 1.165) is 44.7 Å². The van der Waals surface area contributed by atoms with Crippen LogP contribution in [0.25, 0.3) is 0 Å². The summed E-state index contributed by atoms with van der Waals surface area (Å²) in [6, 6.07) is 7.94. The van der Waals surface area contributed by atoms with Crippen molar-refractivity contribution in [1.29, 1.82) is 0 Å². The van der Waals surface area contributed by atoms with E-state index in [0.29, 0.717) is 6.61 Å². The Labute approximate surface area is 168 Å². The molecule has 0 saturated carbocycles. The molecular formula is C22H33N3O3. The molecule has 0 aliphatic carbocycles. The number of amides is 1. The van der Waals surface area contributed by atoms with Gasteiger partial charge in [0.05, 0.1) is 18.6 Å². The summed E-state index contributed by atoms with van der Waals surface area (Å²) in [5, 5.41) is 3.03. The molecule has 2 aliphatic rings. The van der Waals surface area contributed by atoms with E-state index in [-0.39, 0.29) is 23.8 Å². The molecule has 0 unspecified atom stereocenters. The average molecular weight is 388 g/mol. The Hall–Kier alpha value is -2.08. The van der Waals surface area contributed by atoms with E-state index in [1.54, 1.807) is 0 Å². The minimum atomic E-state index is -0.218. The second-order valence-electron chi connectivity index (χ2n) is 7.82. The number of piperidine rings is 2. The molecule has 2 heterocycles. The van der Waals surface area contributed by atoms with Gasteiger partial charge in [0.1, 0.15) is 0 Å². The molecule has 1 aromatic carbocycles. The van der Waals surface area contributed by atoms with Crippen LogP contribution in [0.4, 0.5) is 11.4 Å². The molecule has 2 aliphatic heterocycles. The van der Waals surface area contributed by atoms with Crippen molar-refractivity contribution in [2.75, 3.05) is 43.0 Å². The largest absolute Gasteiger partial charge is 0.466 e. The van der Waals surface area contributed by atoms with Crippen LogP contribution < -0.4 is 10.2 Å². The highest BCUT2D eigenvalue weighted by Crippen LogP contribution is 2.23. The van der Waals surface area contributed by atoms with Gasteiger partial charge in [0.15, 0.2) is 0 Å². The summed E-state index contributed by atoms with van der Waals surface area (Å²) in [4.78, 5) is 29.1. The van der Waals surface area contributed by atoms with Gasteiger partial charge in [-0.15, -0.1) is 0 Å². The van der Waals surface area contributed by atoms with Crippen molar-refractivity contribution in [2.45, 2.75) is 52.0 Å². The van der Waals surface area contributed by atoms with Gasteiger partial charge in [-0.05, 0) is 83.3 Å². The third-order valence-corrected chi connectivity index (χ3v) is 5.93. The van der Waals surface area contributed by atoms with Gasteiger partial charge in [0.25, 0.3) is 0 Å². The van der Waals surface area contributed by atoms with Crippen LogP contribution in [0.15, 0.2) is 24.3 Å². The number of hydrogen-bond acceptors (Lipinski definition) is 5. The number of rotatable bonds is 6. The third kappa shape index (κ3) is 5.25. The Morgan fingerprint density at radius 2 is 1.71 bits per heavy atom. The molecule has 6 heteroatoms. The van der Waals surface area contributed by atoms with Crippen molar-refractivity contribution in [3.05, 3.63) is 24.3 Å². The van der Waals surface area contributed by atoms with E-state index >= 15 is 0 Å². The van der Waals surface area contributed by atoms with Crippen LogP contribution in [0.2, 0.25) is 0 Å². The normalized spacial score (nSPS) is 19.9. The van der Waals surface area contributed by atoms with Crippen LogP contribution in [0.3, 0.4) is 0 Å². The van der Waals surface area contributed by atoms with Crippen LogP contribution in [0.1, 0.15) is 46.0 Å². The Morgan fingerprint density at radius 3 is 2.32 bits per heavy atom. The van der Waals surface area contributed by atoms with E-state index in [1.807, 2.05) is 26.0 Å². The molecule has 154 valence electrons. The van der Waals surface area contributed by atoms with E-state index in [9.17, 15) is 9.59 Å². The Bertz CT molecular complexity index is 647. The van der Waals surface area contributed by atoms with Gasteiger partial charge in [-0.1, -0.05) is 0 Å². The van der Waals surface area contributed by atoms with Crippen molar-refractivity contribution >= 4 is 23.3 Å². The van der Waals surface area contributed by atoms with Crippen molar-refractivity contribution in [1.82, 2.24) is 4.90 Å². The lowest BCUT2D eigenvalue weighted by atomic mass is 9.96. The number of hydrogen-bond donors (Lipinski definition) is 1. The topological polar surface area (TPSA) is 61.9 Å². The fourth-order valence-corrected chi connectivity index (χ4v) is 4.10. The second-order valence-corrected chi connectivity index (χ2v) is 7.82. The Balaban J connectivity index is 1.48. The number of likely N-dealkylation sites (tertiary alicyclic amines) is 1. The van der Waals surface area contributed by atoms with Crippen molar-refractivity contribution in [2.24, 2.45) is 5.92 Å². The zero-order chi connectivity index (χ0) is 19.9. The predicted octanol–water partition coefficient (Wildman–Crippen LogP) is 3.28. The number of carbonyl (C=O) groups is 2. The Morgan fingerprint density at radius 1 is 1.07 bits per heavy atom. The first-order valence-electron chi connectivity index (χ1n) is 10.6. The Kier molecular flexibility index (Phi) is 7.31. The monoisotopic (exact) mass is 387 g/mol. The molecule has 1 N–H and O–H groups in total. The highest BCUT2D eigenvalue weighted by atomic mass is 16.5. The molecule has 0 aromatic heterocycles. The SMILES string of the molecule is CCOC(=O)C1CCN([C@@H](C)C(=O)Nc2ccc(N3CCCCC3)cc2)CC1. The van der Waals surface area contributed by atoms with Gasteiger partial charge in [-0.2, -0.15) is 0 Å². The highest BCUT2D eigenvalue weighted by molar-refractivity contribution is 5.94. The maximum absolute atomic E-state index is 12.7. The fourth-order valence-electron chi connectivity index (χ4n) is 4.10. The maximum Gasteiger partial charge on any atom is 0.309 e. The molecular weight excluding hydrogens is 354 g/mol. The van der Waals surface area contributed by atoms with Crippen LogP contribution in [-0.4, -0.2) is 55.6 Å². The number of ether oxygens (including phenoxy) is 1. The first kappa shape index (κ1) is 20.6. The predicted molar refractivity (Wildman–Crippen MR) is 112 cm³/mol. The quantitative estimate of drug-likeness (QED) is 0.759.